The fourth-order valence-corrected chi connectivity index (χ4v) is 2.87. The Bertz CT molecular complexity index is 697. The number of nitrogens with one attached hydrogen (secondary N) is 1. The molecule has 5 heteroatoms. The van der Waals surface area contributed by atoms with Gasteiger partial charge in [0.15, 0.2) is 0 Å². The van der Waals surface area contributed by atoms with Crippen LogP contribution in [0.1, 0.15) is 40.5 Å². The molecular weight excluding hydrogens is 292 g/mol. The van der Waals surface area contributed by atoms with Crippen molar-refractivity contribution in [3.63, 3.8) is 0 Å². The summed E-state index contributed by atoms with van der Waals surface area (Å²) in [6.07, 6.45) is 2.70. The molecule has 3 N–H and O–H groups in total. The number of hydrogen-bond donors (Lipinski definition) is 3. The highest BCUT2D eigenvalue weighted by molar-refractivity contribution is 5.95. The Hall–Kier alpha value is -2.40. The summed E-state index contributed by atoms with van der Waals surface area (Å²) >= 11 is 0. The predicted octanol–water partition coefficient (Wildman–Crippen LogP) is 2.34. The predicted molar refractivity (Wildman–Crippen MR) is 86.0 cm³/mol. The average Bonchev–Trinajstić information content (AvgIpc) is 2.53. The van der Waals surface area contributed by atoms with E-state index in [1.807, 2.05) is 18.2 Å². The van der Waals surface area contributed by atoms with Gasteiger partial charge in [-0.3, -0.25) is 9.78 Å². The molecule has 120 valence electrons. The van der Waals surface area contributed by atoms with E-state index in [1.165, 1.54) is 6.07 Å². The van der Waals surface area contributed by atoms with Crippen molar-refractivity contribution in [1.82, 2.24) is 10.3 Å². The molecule has 1 heterocycles. The molecule has 1 amide bonds. The third-order valence-corrected chi connectivity index (χ3v) is 4.39. The van der Waals surface area contributed by atoms with Gasteiger partial charge in [0.25, 0.3) is 5.91 Å². The largest absolute Gasteiger partial charge is 0.508 e. The van der Waals surface area contributed by atoms with Gasteiger partial charge in [0.2, 0.25) is 0 Å². The van der Waals surface area contributed by atoms with Crippen LogP contribution in [0.25, 0.3) is 0 Å². The van der Waals surface area contributed by atoms with Crippen LogP contribution in [-0.2, 0) is 0 Å². The van der Waals surface area contributed by atoms with Gasteiger partial charge < -0.3 is 15.5 Å². The number of aromatic nitrogens is 1. The Kier molecular flexibility index (Phi) is 4.30. The van der Waals surface area contributed by atoms with Crippen LogP contribution < -0.4 is 5.32 Å². The summed E-state index contributed by atoms with van der Waals surface area (Å²) in [5, 5.41) is 22.3. The number of aliphatic hydroxyl groups excluding tert-OH is 1. The van der Waals surface area contributed by atoms with Crippen LogP contribution in [0.4, 0.5) is 0 Å². The molecule has 0 radical (unpaired) electrons. The zero-order valence-corrected chi connectivity index (χ0v) is 12.9. The minimum absolute atomic E-state index is 0.103. The van der Waals surface area contributed by atoms with Gasteiger partial charge in [0.1, 0.15) is 5.75 Å². The average molecular weight is 312 g/mol. The maximum Gasteiger partial charge on any atom is 0.251 e. The second-order valence-electron chi connectivity index (χ2n) is 6.09. The SMILES string of the molecule is Cc1ccc(C(=O)NC(c2ccccn2)C2CC(O)C2)cc1O. The topological polar surface area (TPSA) is 82.5 Å². The third-order valence-electron chi connectivity index (χ3n) is 4.39. The van der Waals surface area contributed by atoms with Crippen molar-refractivity contribution in [1.29, 1.82) is 0 Å². The van der Waals surface area contributed by atoms with Gasteiger partial charge in [-0.1, -0.05) is 12.1 Å². The van der Waals surface area contributed by atoms with Crippen LogP contribution in [0.15, 0.2) is 42.6 Å². The minimum atomic E-state index is -0.300. The maximum atomic E-state index is 12.5. The number of carbonyl (C=O) groups is 1. The van der Waals surface area contributed by atoms with E-state index in [4.69, 9.17) is 0 Å². The first-order valence-electron chi connectivity index (χ1n) is 7.74. The molecule has 1 atom stereocenters. The van der Waals surface area contributed by atoms with E-state index < -0.39 is 0 Å². The highest BCUT2D eigenvalue weighted by Gasteiger charge is 2.36. The van der Waals surface area contributed by atoms with Gasteiger partial charge >= 0.3 is 0 Å². The van der Waals surface area contributed by atoms with Crippen LogP contribution in [0.3, 0.4) is 0 Å². The summed E-state index contributed by atoms with van der Waals surface area (Å²) < 4.78 is 0. The Morgan fingerprint density at radius 3 is 2.70 bits per heavy atom. The summed E-state index contributed by atoms with van der Waals surface area (Å²) in [7, 11) is 0. The third kappa shape index (κ3) is 3.35. The van der Waals surface area contributed by atoms with Crippen molar-refractivity contribution >= 4 is 5.91 Å². The summed E-state index contributed by atoms with van der Waals surface area (Å²) in [6, 6.07) is 10.2. The van der Waals surface area contributed by atoms with E-state index in [-0.39, 0.29) is 29.7 Å². The molecular formula is C18H20N2O3. The molecule has 5 nitrogen and oxygen atoms in total. The highest BCUT2D eigenvalue weighted by Crippen LogP contribution is 2.37. The molecule has 1 aliphatic rings. The molecule has 0 saturated heterocycles. The first-order chi connectivity index (χ1) is 11.0. The van der Waals surface area contributed by atoms with E-state index in [1.54, 1.807) is 25.3 Å². The van der Waals surface area contributed by atoms with E-state index in [0.29, 0.717) is 18.4 Å². The summed E-state index contributed by atoms with van der Waals surface area (Å²) in [5.41, 5.74) is 1.92. The van der Waals surface area contributed by atoms with Crippen LogP contribution >= 0.6 is 0 Å². The van der Waals surface area contributed by atoms with Crippen molar-refractivity contribution in [2.75, 3.05) is 0 Å². The fraction of sp³-hybridized carbons (Fsp3) is 0.333. The number of rotatable bonds is 4. The quantitative estimate of drug-likeness (QED) is 0.809. The summed E-state index contributed by atoms with van der Waals surface area (Å²) in [4.78, 5) is 16.8. The molecule has 1 aromatic carbocycles. The van der Waals surface area contributed by atoms with E-state index >= 15 is 0 Å². The van der Waals surface area contributed by atoms with Crippen LogP contribution in [0.2, 0.25) is 0 Å². The lowest BCUT2D eigenvalue weighted by Gasteiger charge is -2.37. The fourth-order valence-electron chi connectivity index (χ4n) is 2.87. The molecule has 1 saturated carbocycles. The van der Waals surface area contributed by atoms with Crippen molar-refractivity contribution in [2.24, 2.45) is 5.92 Å². The molecule has 0 aliphatic heterocycles. The van der Waals surface area contributed by atoms with E-state index in [2.05, 4.69) is 10.3 Å². The number of carbonyl (C=O) groups excluding carboxylic acids is 1. The Labute approximate surface area is 135 Å². The molecule has 0 spiro atoms. The Morgan fingerprint density at radius 1 is 1.30 bits per heavy atom. The number of hydrogen-bond acceptors (Lipinski definition) is 4. The Balaban J connectivity index is 1.80. The lowest BCUT2D eigenvalue weighted by atomic mass is 9.76. The zero-order chi connectivity index (χ0) is 16.4. The lowest BCUT2D eigenvalue weighted by Crippen LogP contribution is -2.41. The smallest absolute Gasteiger partial charge is 0.251 e. The van der Waals surface area contributed by atoms with Crippen molar-refractivity contribution in [2.45, 2.75) is 31.9 Å². The molecule has 1 aliphatic carbocycles. The molecule has 0 bridgehead atoms. The number of aromatic hydroxyl groups is 1. The standard InChI is InChI=1S/C18H20N2O3/c1-11-5-6-12(10-16(11)22)18(23)20-17(13-8-14(21)9-13)15-4-2-3-7-19-15/h2-7,10,13-14,17,21-22H,8-9H2,1H3,(H,20,23). The second-order valence-corrected chi connectivity index (χ2v) is 6.09. The number of benzene rings is 1. The number of nitrogens with zero attached hydrogens (tertiary/aromatic N) is 1. The van der Waals surface area contributed by atoms with Gasteiger partial charge in [0.05, 0.1) is 17.8 Å². The van der Waals surface area contributed by atoms with Crippen LogP contribution in [-0.4, -0.2) is 27.2 Å². The first kappa shape index (κ1) is 15.5. The molecule has 23 heavy (non-hydrogen) atoms. The number of phenols is 1. The van der Waals surface area contributed by atoms with E-state index in [9.17, 15) is 15.0 Å². The lowest BCUT2D eigenvalue weighted by molar-refractivity contribution is 0.0228. The van der Waals surface area contributed by atoms with Crippen LogP contribution in [0.5, 0.6) is 5.75 Å². The van der Waals surface area contributed by atoms with E-state index in [0.717, 1.165) is 11.3 Å². The van der Waals surface area contributed by atoms with Gasteiger partial charge in [-0.05, 0) is 55.5 Å². The highest BCUT2D eigenvalue weighted by atomic mass is 16.3. The number of phenolic OH excluding ortho intramolecular Hbond substituents is 1. The van der Waals surface area contributed by atoms with Crippen LogP contribution in [0, 0.1) is 12.8 Å². The second kappa shape index (κ2) is 6.38. The van der Waals surface area contributed by atoms with Gasteiger partial charge in [-0.25, -0.2) is 0 Å². The summed E-state index contributed by atoms with van der Waals surface area (Å²) in [6.45, 7) is 1.78. The van der Waals surface area contributed by atoms with Gasteiger partial charge in [-0.15, -0.1) is 0 Å². The maximum absolute atomic E-state index is 12.5. The number of aryl methyl sites for hydroxylation is 1. The molecule has 3 rings (SSSR count). The molecule has 2 aromatic rings. The summed E-state index contributed by atoms with van der Waals surface area (Å²) in [5.74, 6) is 0.0198. The number of aliphatic hydroxyl groups is 1. The molecule has 1 aromatic heterocycles. The van der Waals surface area contributed by atoms with Crippen molar-refractivity contribution in [3.8, 4) is 5.75 Å². The monoisotopic (exact) mass is 312 g/mol. The van der Waals surface area contributed by atoms with Gasteiger partial charge in [-0.2, -0.15) is 0 Å². The molecule has 1 fully saturated rings. The molecule has 1 unspecified atom stereocenters. The normalized spacial score (nSPS) is 21.3. The zero-order valence-electron chi connectivity index (χ0n) is 12.9. The first-order valence-corrected chi connectivity index (χ1v) is 7.74. The minimum Gasteiger partial charge on any atom is -0.508 e. The number of amides is 1. The van der Waals surface area contributed by atoms with Crippen molar-refractivity contribution < 1.29 is 15.0 Å². The van der Waals surface area contributed by atoms with Gasteiger partial charge in [0, 0.05) is 11.8 Å². The number of pyridine rings is 1. The Morgan fingerprint density at radius 2 is 2.09 bits per heavy atom. The van der Waals surface area contributed by atoms with Crippen molar-refractivity contribution in [3.05, 3.63) is 59.4 Å².